The fourth-order valence-electron chi connectivity index (χ4n) is 2.35. The lowest BCUT2D eigenvalue weighted by molar-refractivity contribution is 0.487. The van der Waals surface area contributed by atoms with Crippen molar-refractivity contribution < 1.29 is 0 Å². The summed E-state index contributed by atoms with van der Waals surface area (Å²) in [5.74, 6) is 3.22. The maximum Gasteiger partial charge on any atom is 0.191 e. The van der Waals surface area contributed by atoms with Crippen LogP contribution >= 0.6 is 0 Å². The minimum atomic E-state index is 0.423. The molecule has 0 bridgehead atoms. The Morgan fingerprint density at radius 3 is 2.54 bits per heavy atom. The summed E-state index contributed by atoms with van der Waals surface area (Å²) >= 11 is 0. The van der Waals surface area contributed by atoms with Gasteiger partial charge >= 0.3 is 0 Å². The highest BCUT2D eigenvalue weighted by molar-refractivity contribution is 5.80. The first-order valence-electron chi connectivity index (χ1n) is 9.33. The van der Waals surface area contributed by atoms with E-state index in [9.17, 15) is 0 Å². The van der Waals surface area contributed by atoms with Gasteiger partial charge in [0.1, 0.15) is 12.2 Å². The fraction of sp³-hybridized carbons (Fsp3) is 0.833. The van der Waals surface area contributed by atoms with Crippen LogP contribution in [0.4, 0.5) is 0 Å². The lowest BCUT2D eigenvalue weighted by Gasteiger charge is -2.19. The molecule has 1 rings (SSSR count). The van der Waals surface area contributed by atoms with Crippen molar-refractivity contribution in [2.45, 2.75) is 73.4 Å². The molecule has 138 valence electrons. The van der Waals surface area contributed by atoms with Gasteiger partial charge < -0.3 is 15.2 Å². The van der Waals surface area contributed by atoms with Gasteiger partial charge in [0, 0.05) is 32.1 Å². The van der Waals surface area contributed by atoms with Gasteiger partial charge in [0.15, 0.2) is 5.96 Å². The van der Waals surface area contributed by atoms with Crippen molar-refractivity contribution in [2.24, 2.45) is 16.8 Å². The van der Waals surface area contributed by atoms with Crippen molar-refractivity contribution in [3.8, 4) is 0 Å². The van der Waals surface area contributed by atoms with Crippen molar-refractivity contribution in [1.82, 2.24) is 25.4 Å². The summed E-state index contributed by atoms with van der Waals surface area (Å²) < 4.78 is 2.09. The van der Waals surface area contributed by atoms with E-state index < -0.39 is 0 Å². The van der Waals surface area contributed by atoms with Gasteiger partial charge in [-0.25, -0.2) is 0 Å². The van der Waals surface area contributed by atoms with Gasteiger partial charge in [-0.05, 0) is 31.6 Å². The molecule has 0 aliphatic heterocycles. The molecule has 1 aromatic heterocycles. The average molecular weight is 337 g/mol. The first-order chi connectivity index (χ1) is 11.4. The molecule has 1 heterocycles. The number of rotatable bonds is 10. The molecular weight excluding hydrogens is 300 g/mol. The molecule has 0 aliphatic carbocycles. The second-order valence-corrected chi connectivity index (χ2v) is 7.32. The Hall–Kier alpha value is -1.59. The number of aryl methyl sites for hydroxylation is 1. The lowest BCUT2D eigenvalue weighted by Crippen LogP contribution is -2.43. The van der Waals surface area contributed by atoms with E-state index in [1.165, 1.54) is 6.42 Å². The minimum absolute atomic E-state index is 0.423. The first kappa shape index (κ1) is 20.5. The molecule has 0 spiro atoms. The van der Waals surface area contributed by atoms with E-state index >= 15 is 0 Å². The zero-order valence-corrected chi connectivity index (χ0v) is 16.3. The highest BCUT2D eigenvalue weighted by atomic mass is 15.3. The number of guanidine groups is 1. The van der Waals surface area contributed by atoms with Crippen LogP contribution in [-0.4, -0.2) is 39.9 Å². The van der Waals surface area contributed by atoms with E-state index in [1.54, 1.807) is 6.33 Å². The Labute approximate surface area is 147 Å². The molecule has 2 N–H and O–H groups in total. The number of nitrogens with one attached hydrogen (secondary N) is 2. The van der Waals surface area contributed by atoms with Crippen molar-refractivity contribution in [3.63, 3.8) is 0 Å². The zero-order valence-electron chi connectivity index (χ0n) is 16.3. The molecule has 6 nitrogen and oxygen atoms in total. The van der Waals surface area contributed by atoms with Gasteiger partial charge in [-0.15, -0.1) is 10.2 Å². The predicted molar refractivity (Wildman–Crippen MR) is 101 cm³/mol. The number of aromatic nitrogens is 3. The fourth-order valence-corrected chi connectivity index (χ4v) is 2.35. The van der Waals surface area contributed by atoms with Crippen LogP contribution < -0.4 is 10.6 Å². The molecule has 0 saturated carbocycles. The van der Waals surface area contributed by atoms with Crippen LogP contribution in [0.5, 0.6) is 0 Å². The van der Waals surface area contributed by atoms with E-state index in [0.29, 0.717) is 12.0 Å². The van der Waals surface area contributed by atoms with Crippen LogP contribution in [-0.2, 0) is 13.0 Å². The molecular formula is C18H36N6. The summed E-state index contributed by atoms with van der Waals surface area (Å²) in [4.78, 5) is 4.71. The van der Waals surface area contributed by atoms with Crippen LogP contribution in [0.1, 0.15) is 60.2 Å². The lowest BCUT2D eigenvalue weighted by atomic mass is 10.0. The summed E-state index contributed by atoms with van der Waals surface area (Å²) in [6.07, 6.45) is 5.08. The SMILES string of the molecule is CCc1nncn1CCNC(=NCC(C)C)NC(C)CCC(C)C. The molecule has 24 heavy (non-hydrogen) atoms. The van der Waals surface area contributed by atoms with Gasteiger partial charge in [-0.1, -0.05) is 34.6 Å². The molecule has 6 heteroatoms. The smallest absolute Gasteiger partial charge is 0.191 e. The minimum Gasteiger partial charge on any atom is -0.355 e. The molecule has 0 radical (unpaired) electrons. The van der Waals surface area contributed by atoms with Gasteiger partial charge in [-0.2, -0.15) is 0 Å². The largest absolute Gasteiger partial charge is 0.355 e. The van der Waals surface area contributed by atoms with E-state index in [2.05, 4.69) is 66.9 Å². The third-order valence-electron chi connectivity index (χ3n) is 3.83. The number of nitrogens with zero attached hydrogens (tertiary/aromatic N) is 4. The van der Waals surface area contributed by atoms with Crippen LogP contribution in [0.15, 0.2) is 11.3 Å². The predicted octanol–water partition coefficient (Wildman–Crippen LogP) is 2.86. The standard InChI is InChI=1S/C18H36N6/c1-7-17-23-21-13-24(17)11-10-19-18(20-12-15(4)5)22-16(6)9-8-14(2)3/h13-16H,7-12H2,1-6H3,(H2,19,20,22). The quantitative estimate of drug-likeness (QED) is 0.509. The highest BCUT2D eigenvalue weighted by Crippen LogP contribution is 2.06. The van der Waals surface area contributed by atoms with Gasteiger partial charge in [0.05, 0.1) is 0 Å². The maximum absolute atomic E-state index is 4.71. The van der Waals surface area contributed by atoms with Crippen LogP contribution in [0, 0.1) is 11.8 Å². The average Bonchev–Trinajstić information content (AvgIpc) is 2.97. The van der Waals surface area contributed by atoms with Crippen LogP contribution in [0.25, 0.3) is 0 Å². The van der Waals surface area contributed by atoms with Crippen molar-refractivity contribution in [2.75, 3.05) is 13.1 Å². The summed E-state index contributed by atoms with van der Waals surface area (Å²) in [7, 11) is 0. The van der Waals surface area contributed by atoms with Gasteiger partial charge in [0.25, 0.3) is 0 Å². The first-order valence-corrected chi connectivity index (χ1v) is 9.33. The second kappa shape index (κ2) is 11.0. The Bertz CT molecular complexity index is 478. The Balaban J connectivity index is 2.51. The second-order valence-electron chi connectivity index (χ2n) is 7.32. The normalized spacial score (nSPS) is 13.6. The highest BCUT2D eigenvalue weighted by Gasteiger charge is 2.08. The molecule has 0 fully saturated rings. The Kier molecular flexibility index (Phi) is 9.42. The summed E-state index contributed by atoms with van der Waals surface area (Å²) in [5.41, 5.74) is 0. The molecule has 1 aromatic rings. The monoisotopic (exact) mass is 336 g/mol. The van der Waals surface area contributed by atoms with Crippen molar-refractivity contribution in [1.29, 1.82) is 0 Å². The summed E-state index contributed by atoms with van der Waals surface area (Å²) in [5, 5.41) is 15.1. The topological polar surface area (TPSA) is 67.1 Å². The molecule has 0 saturated heterocycles. The Morgan fingerprint density at radius 1 is 1.17 bits per heavy atom. The number of aliphatic imine (C=N–C) groups is 1. The zero-order chi connectivity index (χ0) is 17.9. The molecule has 0 aromatic carbocycles. The van der Waals surface area contributed by atoms with Crippen LogP contribution in [0.2, 0.25) is 0 Å². The molecule has 1 unspecified atom stereocenters. The summed E-state index contributed by atoms with van der Waals surface area (Å²) in [6.45, 7) is 15.7. The van der Waals surface area contributed by atoms with Crippen molar-refractivity contribution >= 4 is 5.96 Å². The maximum atomic E-state index is 4.71. The van der Waals surface area contributed by atoms with Gasteiger partial charge in [-0.3, -0.25) is 4.99 Å². The number of hydrogen-bond acceptors (Lipinski definition) is 3. The molecule has 0 amide bonds. The van der Waals surface area contributed by atoms with E-state index in [0.717, 1.165) is 50.2 Å². The van der Waals surface area contributed by atoms with Crippen LogP contribution in [0.3, 0.4) is 0 Å². The Morgan fingerprint density at radius 2 is 1.92 bits per heavy atom. The van der Waals surface area contributed by atoms with E-state index in [1.807, 2.05) is 0 Å². The molecule has 0 aliphatic rings. The third-order valence-corrected chi connectivity index (χ3v) is 3.83. The molecule has 1 atom stereocenters. The summed E-state index contributed by atoms with van der Waals surface area (Å²) in [6, 6.07) is 0.423. The van der Waals surface area contributed by atoms with E-state index in [4.69, 9.17) is 4.99 Å². The van der Waals surface area contributed by atoms with Crippen molar-refractivity contribution in [3.05, 3.63) is 12.2 Å². The van der Waals surface area contributed by atoms with Gasteiger partial charge in [0.2, 0.25) is 0 Å². The number of hydrogen-bond donors (Lipinski definition) is 2. The third kappa shape index (κ3) is 8.31. The van der Waals surface area contributed by atoms with E-state index in [-0.39, 0.29) is 0 Å².